The quantitative estimate of drug-likeness (QED) is 0.808. The van der Waals surface area contributed by atoms with Crippen molar-refractivity contribution in [1.29, 1.82) is 0 Å². The van der Waals surface area contributed by atoms with Gasteiger partial charge in [-0.15, -0.1) is 0 Å². The Bertz CT molecular complexity index is 890. The summed E-state index contributed by atoms with van der Waals surface area (Å²) >= 11 is 0. The third-order valence-electron chi connectivity index (χ3n) is 4.80. The van der Waals surface area contributed by atoms with Crippen LogP contribution in [-0.4, -0.2) is 43.9 Å². The highest BCUT2D eigenvalue weighted by atomic mass is 32.2. The molecule has 6 heteroatoms. The molecular formula is C20H23NO4S. The fourth-order valence-corrected chi connectivity index (χ4v) is 5.01. The van der Waals surface area contributed by atoms with Gasteiger partial charge in [0.1, 0.15) is 5.75 Å². The number of aryl methyl sites for hydroxylation is 1. The fourth-order valence-electron chi connectivity index (χ4n) is 3.28. The summed E-state index contributed by atoms with van der Waals surface area (Å²) < 4.78 is 29.1. The van der Waals surface area contributed by atoms with E-state index in [1.807, 2.05) is 49.4 Å². The number of carbonyl (C=O) groups excluding carboxylic acids is 1. The minimum absolute atomic E-state index is 0.0285. The minimum Gasteiger partial charge on any atom is -0.497 e. The molecule has 2 aromatic rings. The average molecular weight is 373 g/mol. The zero-order valence-corrected chi connectivity index (χ0v) is 15.8. The summed E-state index contributed by atoms with van der Waals surface area (Å²) in [5.41, 5.74) is 2.44. The number of sulfone groups is 1. The molecule has 0 radical (unpaired) electrons. The normalized spacial score (nSPS) is 18.5. The van der Waals surface area contributed by atoms with Crippen LogP contribution in [0.2, 0.25) is 0 Å². The Morgan fingerprint density at radius 1 is 1.15 bits per heavy atom. The SMILES string of the molecule is COc1ccc(CN(C(=O)c2ccccc2C)[C@@H]2CCS(=O)(=O)C2)cc1. The zero-order valence-electron chi connectivity index (χ0n) is 15.0. The second-order valence-corrected chi connectivity index (χ2v) is 8.88. The highest BCUT2D eigenvalue weighted by molar-refractivity contribution is 7.91. The van der Waals surface area contributed by atoms with Crippen molar-refractivity contribution in [3.8, 4) is 5.75 Å². The average Bonchev–Trinajstić information content (AvgIpc) is 2.99. The van der Waals surface area contributed by atoms with Gasteiger partial charge in [0.15, 0.2) is 9.84 Å². The van der Waals surface area contributed by atoms with Gasteiger partial charge in [0.2, 0.25) is 0 Å². The number of carbonyl (C=O) groups is 1. The van der Waals surface area contributed by atoms with E-state index in [2.05, 4.69) is 0 Å². The summed E-state index contributed by atoms with van der Waals surface area (Å²) in [6, 6.07) is 14.6. The van der Waals surface area contributed by atoms with Gasteiger partial charge < -0.3 is 9.64 Å². The number of amides is 1. The number of methoxy groups -OCH3 is 1. The maximum absolute atomic E-state index is 13.2. The second-order valence-electron chi connectivity index (χ2n) is 6.65. The maximum atomic E-state index is 13.2. The van der Waals surface area contributed by atoms with Crippen molar-refractivity contribution in [2.45, 2.75) is 25.9 Å². The van der Waals surface area contributed by atoms with Gasteiger partial charge in [0.05, 0.1) is 18.6 Å². The van der Waals surface area contributed by atoms with Crippen LogP contribution < -0.4 is 4.74 Å². The first-order valence-corrected chi connectivity index (χ1v) is 10.4. The molecule has 1 aliphatic rings. The predicted octanol–water partition coefficient (Wildman–Crippen LogP) is 2.83. The number of hydrogen-bond donors (Lipinski definition) is 0. The van der Waals surface area contributed by atoms with Gasteiger partial charge in [-0.1, -0.05) is 30.3 Å². The molecule has 1 fully saturated rings. The predicted molar refractivity (Wildman–Crippen MR) is 101 cm³/mol. The van der Waals surface area contributed by atoms with Gasteiger partial charge in [0.25, 0.3) is 5.91 Å². The van der Waals surface area contributed by atoms with Gasteiger partial charge in [-0.05, 0) is 42.7 Å². The maximum Gasteiger partial charge on any atom is 0.254 e. The topological polar surface area (TPSA) is 63.7 Å². The first-order chi connectivity index (χ1) is 12.4. The van der Waals surface area contributed by atoms with Crippen LogP contribution >= 0.6 is 0 Å². The number of ether oxygens (including phenoxy) is 1. The number of rotatable bonds is 5. The number of benzene rings is 2. The molecular weight excluding hydrogens is 350 g/mol. The molecule has 1 saturated heterocycles. The van der Waals surface area contributed by atoms with E-state index in [4.69, 9.17) is 4.74 Å². The molecule has 0 saturated carbocycles. The van der Waals surface area contributed by atoms with Crippen LogP contribution in [0.25, 0.3) is 0 Å². The Hall–Kier alpha value is -2.34. The summed E-state index contributed by atoms with van der Waals surface area (Å²) in [7, 11) is -1.48. The Morgan fingerprint density at radius 3 is 2.42 bits per heavy atom. The van der Waals surface area contributed by atoms with Crippen LogP contribution in [-0.2, 0) is 16.4 Å². The van der Waals surface area contributed by atoms with Crippen LogP contribution in [0, 0.1) is 6.92 Å². The Kier molecular flexibility index (Phi) is 5.32. The van der Waals surface area contributed by atoms with Gasteiger partial charge in [-0.25, -0.2) is 8.42 Å². The molecule has 1 heterocycles. The molecule has 5 nitrogen and oxygen atoms in total. The van der Waals surface area contributed by atoms with Crippen LogP contribution in [0.5, 0.6) is 5.75 Å². The monoisotopic (exact) mass is 373 g/mol. The molecule has 138 valence electrons. The van der Waals surface area contributed by atoms with E-state index in [1.165, 1.54) is 0 Å². The number of hydrogen-bond acceptors (Lipinski definition) is 4. The first-order valence-electron chi connectivity index (χ1n) is 8.59. The molecule has 0 aliphatic carbocycles. The first kappa shape index (κ1) is 18.5. The molecule has 26 heavy (non-hydrogen) atoms. The Morgan fingerprint density at radius 2 is 1.85 bits per heavy atom. The molecule has 0 N–H and O–H groups in total. The standard InChI is InChI=1S/C20H23NO4S/c1-15-5-3-4-6-19(15)20(22)21(17-11-12-26(23,24)14-17)13-16-7-9-18(25-2)10-8-16/h3-10,17H,11-14H2,1-2H3/t17-/m1/s1. The molecule has 0 spiro atoms. The van der Waals surface area contributed by atoms with Crippen LogP contribution in [0.1, 0.15) is 27.9 Å². The molecule has 1 amide bonds. The van der Waals surface area contributed by atoms with Crippen LogP contribution in [0.3, 0.4) is 0 Å². The molecule has 0 aromatic heterocycles. The summed E-state index contributed by atoms with van der Waals surface area (Å²) in [6.45, 7) is 2.27. The van der Waals surface area contributed by atoms with Crippen molar-refractivity contribution in [2.24, 2.45) is 0 Å². The lowest BCUT2D eigenvalue weighted by molar-refractivity contribution is 0.0680. The van der Waals surface area contributed by atoms with Crippen LogP contribution in [0.15, 0.2) is 48.5 Å². The molecule has 0 bridgehead atoms. The van der Waals surface area contributed by atoms with Crippen LogP contribution in [0.4, 0.5) is 0 Å². The molecule has 3 rings (SSSR count). The smallest absolute Gasteiger partial charge is 0.254 e. The van der Waals surface area contributed by atoms with Gasteiger partial charge in [-0.3, -0.25) is 4.79 Å². The highest BCUT2D eigenvalue weighted by Gasteiger charge is 2.35. The Labute approximate surface area is 154 Å². The third-order valence-corrected chi connectivity index (χ3v) is 6.55. The van der Waals surface area contributed by atoms with Gasteiger partial charge >= 0.3 is 0 Å². The van der Waals surface area contributed by atoms with Crippen molar-refractivity contribution in [2.75, 3.05) is 18.6 Å². The second kappa shape index (κ2) is 7.50. The minimum atomic E-state index is -3.08. The summed E-state index contributed by atoms with van der Waals surface area (Å²) in [4.78, 5) is 14.9. The molecule has 1 atom stereocenters. The van der Waals surface area contributed by atoms with E-state index >= 15 is 0 Å². The van der Waals surface area contributed by atoms with E-state index < -0.39 is 9.84 Å². The van der Waals surface area contributed by atoms with Gasteiger partial charge in [0, 0.05) is 18.2 Å². The number of nitrogens with zero attached hydrogens (tertiary/aromatic N) is 1. The van der Waals surface area contributed by atoms with E-state index in [9.17, 15) is 13.2 Å². The zero-order chi connectivity index (χ0) is 18.7. The van der Waals surface area contributed by atoms with Crippen molar-refractivity contribution >= 4 is 15.7 Å². The summed E-state index contributed by atoms with van der Waals surface area (Å²) in [5.74, 6) is 0.786. The molecule has 2 aromatic carbocycles. The largest absolute Gasteiger partial charge is 0.497 e. The lowest BCUT2D eigenvalue weighted by Crippen LogP contribution is -2.40. The fraction of sp³-hybridized carbons (Fsp3) is 0.350. The van der Waals surface area contributed by atoms with E-state index in [1.54, 1.807) is 18.1 Å². The van der Waals surface area contributed by atoms with Crippen molar-refractivity contribution in [3.63, 3.8) is 0 Å². The van der Waals surface area contributed by atoms with E-state index in [0.717, 1.165) is 16.9 Å². The van der Waals surface area contributed by atoms with Crippen molar-refractivity contribution in [3.05, 3.63) is 65.2 Å². The van der Waals surface area contributed by atoms with E-state index in [-0.39, 0.29) is 23.5 Å². The van der Waals surface area contributed by atoms with Crippen molar-refractivity contribution in [1.82, 2.24) is 4.90 Å². The highest BCUT2D eigenvalue weighted by Crippen LogP contribution is 2.24. The molecule has 0 unspecified atom stereocenters. The Balaban J connectivity index is 1.91. The lowest BCUT2D eigenvalue weighted by atomic mass is 10.1. The lowest BCUT2D eigenvalue weighted by Gasteiger charge is -2.29. The summed E-state index contributed by atoms with van der Waals surface area (Å²) in [5, 5.41) is 0. The van der Waals surface area contributed by atoms with E-state index in [0.29, 0.717) is 18.5 Å². The van der Waals surface area contributed by atoms with Gasteiger partial charge in [-0.2, -0.15) is 0 Å². The summed E-state index contributed by atoms with van der Waals surface area (Å²) in [6.07, 6.45) is 0.482. The van der Waals surface area contributed by atoms with Crippen molar-refractivity contribution < 1.29 is 17.9 Å². The third kappa shape index (κ3) is 4.07. The molecule has 1 aliphatic heterocycles.